The zero-order valence-electron chi connectivity index (χ0n) is 23.3. The highest BCUT2D eigenvalue weighted by atomic mass is 35.5. The van der Waals surface area contributed by atoms with E-state index in [0.717, 1.165) is 21.9 Å². The van der Waals surface area contributed by atoms with Crippen LogP contribution in [0.25, 0.3) is 0 Å². The second-order valence-electron chi connectivity index (χ2n) is 9.37. The highest BCUT2D eigenvalue weighted by Gasteiger charge is 2.32. The van der Waals surface area contributed by atoms with Crippen molar-refractivity contribution in [1.29, 1.82) is 0 Å². The van der Waals surface area contributed by atoms with Gasteiger partial charge in [0, 0.05) is 18.1 Å². The highest BCUT2D eigenvalue weighted by Crippen LogP contribution is 2.27. The standard InChI is InChI=1S/C30H36ClN3O5S/c1-5-19-32-30(36)23(4)33(20-24-9-11-25(31)12-10-24)29(35)21-34(26-13-15-27(16-14-26)39-6-2)40(37,38)28-17-7-22(3)8-18-28/h7-18,23H,5-6,19-21H2,1-4H3,(H,32,36)/t23-/m1/s1. The maximum atomic E-state index is 13.9. The number of nitrogens with zero attached hydrogens (tertiary/aromatic N) is 2. The average molecular weight is 586 g/mol. The monoisotopic (exact) mass is 585 g/mol. The van der Waals surface area contributed by atoms with Crippen molar-refractivity contribution >= 4 is 39.1 Å². The summed E-state index contributed by atoms with van der Waals surface area (Å²) in [5, 5.41) is 3.37. The van der Waals surface area contributed by atoms with E-state index in [9.17, 15) is 18.0 Å². The van der Waals surface area contributed by atoms with Gasteiger partial charge in [-0.3, -0.25) is 13.9 Å². The Hall–Kier alpha value is -3.56. The Kier molecular flexibility index (Phi) is 11.0. The van der Waals surface area contributed by atoms with Crippen LogP contribution in [-0.2, 0) is 26.2 Å². The number of nitrogens with one attached hydrogen (secondary N) is 1. The first-order valence-electron chi connectivity index (χ1n) is 13.2. The molecule has 0 aliphatic rings. The van der Waals surface area contributed by atoms with Gasteiger partial charge in [0.05, 0.1) is 17.2 Å². The van der Waals surface area contributed by atoms with Gasteiger partial charge in [-0.15, -0.1) is 0 Å². The summed E-state index contributed by atoms with van der Waals surface area (Å²) in [6.45, 7) is 7.80. The second-order valence-corrected chi connectivity index (χ2v) is 11.7. The van der Waals surface area contributed by atoms with Gasteiger partial charge in [0.15, 0.2) is 0 Å². The lowest BCUT2D eigenvalue weighted by Crippen LogP contribution is -2.51. The largest absolute Gasteiger partial charge is 0.494 e. The first-order chi connectivity index (χ1) is 19.1. The van der Waals surface area contributed by atoms with Gasteiger partial charge in [-0.2, -0.15) is 0 Å². The fourth-order valence-electron chi connectivity index (χ4n) is 4.01. The minimum absolute atomic E-state index is 0.0535. The lowest BCUT2D eigenvalue weighted by Gasteiger charge is -2.32. The van der Waals surface area contributed by atoms with Crippen LogP contribution in [0.1, 0.15) is 38.3 Å². The number of halogens is 1. The van der Waals surface area contributed by atoms with Crippen LogP contribution < -0.4 is 14.4 Å². The van der Waals surface area contributed by atoms with Gasteiger partial charge in [-0.1, -0.05) is 48.4 Å². The number of rotatable bonds is 13. The van der Waals surface area contributed by atoms with Crippen molar-refractivity contribution in [2.24, 2.45) is 0 Å². The topological polar surface area (TPSA) is 96.0 Å². The Morgan fingerprint density at radius 3 is 2.15 bits per heavy atom. The molecule has 0 saturated carbocycles. The molecule has 10 heteroatoms. The number of sulfonamides is 1. The van der Waals surface area contributed by atoms with Gasteiger partial charge < -0.3 is 15.0 Å². The molecule has 1 atom stereocenters. The summed E-state index contributed by atoms with van der Waals surface area (Å²) in [5.74, 6) is -0.271. The molecule has 1 N–H and O–H groups in total. The molecule has 214 valence electrons. The van der Waals surface area contributed by atoms with E-state index in [0.29, 0.717) is 29.6 Å². The molecule has 0 radical (unpaired) electrons. The third-order valence-electron chi connectivity index (χ3n) is 6.31. The molecule has 0 aliphatic heterocycles. The summed E-state index contributed by atoms with van der Waals surface area (Å²) < 4.78 is 34.3. The van der Waals surface area contributed by atoms with Gasteiger partial charge in [0.2, 0.25) is 11.8 Å². The summed E-state index contributed by atoms with van der Waals surface area (Å²) in [5.41, 5.74) is 1.96. The highest BCUT2D eigenvalue weighted by molar-refractivity contribution is 7.92. The molecule has 0 fully saturated rings. The van der Waals surface area contributed by atoms with Gasteiger partial charge >= 0.3 is 0 Å². The number of hydrogen-bond donors (Lipinski definition) is 1. The first kappa shape index (κ1) is 31.0. The minimum Gasteiger partial charge on any atom is -0.494 e. The van der Waals surface area contributed by atoms with Crippen LogP contribution in [0.15, 0.2) is 77.7 Å². The van der Waals surface area contributed by atoms with Crippen molar-refractivity contribution in [3.8, 4) is 5.75 Å². The number of aryl methyl sites for hydroxylation is 1. The molecule has 0 aromatic heterocycles. The van der Waals surface area contributed by atoms with Crippen LogP contribution in [0, 0.1) is 6.92 Å². The average Bonchev–Trinajstić information content (AvgIpc) is 2.94. The molecule has 0 aliphatic carbocycles. The SMILES string of the molecule is CCCNC(=O)[C@@H](C)N(Cc1ccc(Cl)cc1)C(=O)CN(c1ccc(OCC)cc1)S(=O)(=O)c1ccc(C)cc1. The molecular weight excluding hydrogens is 550 g/mol. The van der Waals surface area contributed by atoms with E-state index in [1.165, 1.54) is 17.0 Å². The van der Waals surface area contributed by atoms with Crippen LogP contribution in [0.4, 0.5) is 5.69 Å². The molecule has 0 heterocycles. The summed E-state index contributed by atoms with van der Waals surface area (Å²) in [6, 6.07) is 19.1. The maximum Gasteiger partial charge on any atom is 0.264 e. The van der Waals surface area contributed by atoms with Crippen molar-refractivity contribution in [1.82, 2.24) is 10.2 Å². The zero-order valence-corrected chi connectivity index (χ0v) is 24.8. The summed E-state index contributed by atoms with van der Waals surface area (Å²) in [4.78, 5) is 28.3. The normalized spacial score (nSPS) is 11.9. The van der Waals surface area contributed by atoms with Gasteiger partial charge in [-0.05, 0) is 81.3 Å². The Labute approximate surface area is 241 Å². The number of anilines is 1. The Morgan fingerprint density at radius 2 is 1.57 bits per heavy atom. The molecule has 3 aromatic carbocycles. The third-order valence-corrected chi connectivity index (χ3v) is 8.35. The zero-order chi connectivity index (χ0) is 29.3. The molecule has 0 saturated heterocycles. The van der Waals surface area contributed by atoms with Gasteiger partial charge in [-0.25, -0.2) is 8.42 Å². The summed E-state index contributed by atoms with van der Waals surface area (Å²) >= 11 is 6.04. The number of amides is 2. The van der Waals surface area contributed by atoms with E-state index in [4.69, 9.17) is 16.3 Å². The van der Waals surface area contributed by atoms with Crippen LogP contribution in [0.2, 0.25) is 5.02 Å². The molecule has 0 spiro atoms. The summed E-state index contributed by atoms with van der Waals surface area (Å²) in [7, 11) is -4.14. The van der Waals surface area contributed by atoms with Crippen molar-refractivity contribution in [2.75, 3.05) is 24.0 Å². The number of hydrogen-bond acceptors (Lipinski definition) is 5. The third kappa shape index (κ3) is 7.99. The van der Waals surface area contributed by atoms with E-state index in [1.807, 2.05) is 20.8 Å². The molecular formula is C30H36ClN3O5S. The second kappa shape index (κ2) is 14.2. The lowest BCUT2D eigenvalue weighted by atomic mass is 10.1. The van der Waals surface area contributed by atoms with Crippen LogP contribution in [0.5, 0.6) is 5.75 Å². The van der Waals surface area contributed by atoms with E-state index in [1.54, 1.807) is 67.6 Å². The van der Waals surface area contributed by atoms with Gasteiger partial charge in [0.25, 0.3) is 10.0 Å². The summed E-state index contributed by atoms with van der Waals surface area (Å²) in [6.07, 6.45) is 0.740. The van der Waals surface area contributed by atoms with E-state index in [2.05, 4.69) is 5.32 Å². The van der Waals surface area contributed by atoms with E-state index in [-0.39, 0.29) is 17.3 Å². The molecule has 40 heavy (non-hydrogen) atoms. The van der Waals surface area contributed by atoms with Gasteiger partial charge in [0.1, 0.15) is 18.3 Å². The Balaban J connectivity index is 2.01. The maximum absolute atomic E-state index is 13.9. The lowest BCUT2D eigenvalue weighted by molar-refractivity contribution is -0.139. The quantitative estimate of drug-likeness (QED) is 0.298. The fourth-order valence-corrected chi connectivity index (χ4v) is 5.55. The van der Waals surface area contributed by atoms with Crippen molar-refractivity contribution < 1.29 is 22.7 Å². The number of carbonyl (C=O) groups excluding carboxylic acids is 2. The Morgan fingerprint density at radius 1 is 0.950 bits per heavy atom. The number of benzene rings is 3. The van der Waals surface area contributed by atoms with E-state index >= 15 is 0 Å². The van der Waals surface area contributed by atoms with Crippen molar-refractivity contribution in [3.05, 3.63) is 88.9 Å². The smallest absolute Gasteiger partial charge is 0.264 e. The van der Waals surface area contributed by atoms with Crippen LogP contribution in [-0.4, -0.2) is 50.9 Å². The number of ether oxygens (including phenoxy) is 1. The molecule has 0 unspecified atom stereocenters. The molecule has 0 bridgehead atoms. The molecule has 2 amide bonds. The first-order valence-corrected chi connectivity index (χ1v) is 15.0. The molecule has 3 aromatic rings. The predicted octanol–water partition coefficient (Wildman–Crippen LogP) is 5.19. The van der Waals surface area contributed by atoms with Crippen LogP contribution >= 0.6 is 11.6 Å². The Bertz CT molecular complexity index is 1380. The van der Waals surface area contributed by atoms with Crippen LogP contribution in [0.3, 0.4) is 0 Å². The van der Waals surface area contributed by atoms with Crippen molar-refractivity contribution in [2.45, 2.75) is 51.6 Å². The fraction of sp³-hybridized carbons (Fsp3) is 0.333. The van der Waals surface area contributed by atoms with Crippen molar-refractivity contribution in [3.63, 3.8) is 0 Å². The van der Waals surface area contributed by atoms with E-state index < -0.39 is 28.5 Å². The minimum atomic E-state index is -4.14. The molecule has 8 nitrogen and oxygen atoms in total. The predicted molar refractivity (Wildman–Crippen MR) is 158 cm³/mol. The number of carbonyl (C=O) groups is 2. The molecule has 3 rings (SSSR count).